The van der Waals surface area contributed by atoms with E-state index in [-0.39, 0.29) is 0 Å². The van der Waals surface area contributed by atoms with Crippen molar-refractivity contribution in [3.63, 3.8) is 0 Å². The maximum Gasteiger partial charge on any atom is 0.0964 e. The van der Waals surface area contributed by atoms with Crippen LogP contribution in [0.25, 0.3) is 0 Å². The number of aromatic nitrogens is 5. The molecule has 2 aromatic heterocycles. The maximum absolute atomic E-state index is 4.08. The number of hydrogen-bond donors (Lipinski definition) is 2. The third-order valence-electron chi connectivity index (χ3n) is 3.24. The van der Waals surface area contributed by atoms with Gasteiger partial charge >= 0.3 is 0 Å². The second-order valence-electron chi connectivity index (χ2n) is 4.58. The molecule has 6 nitrogen and oxygen atoms in total. The molecular formula is C11H16N6. The summed E-state index contributed by atoms with van der Waals surface area (Å²) in [6.45, 7) is 0.780. The predicted molar refractivity (Wildman–Crippen MR) is 62.2 cm³/mol. The molecule has 1 aliphatic rings. The number of rotatable bonds is 3. The number of hydrogen-bond acceptors (Lipinski definition) is 4. The fourth-order valence-electron chi connectivity index (χ4n) is 2.31. The summed E-state index contributed by atoms with van der Waals surface area (Å²) in [4.78, 5) is 0. The Bertz CT molecular complexity index is 500. The third kappa shape index (κ3) is 2.21. The van der Waals surface area contributed by atoms with Gasteiger partial charge in [-0.3, -0.25) is 9.78 Å². The molecule has 0 saturated heterocycles. The largest absolute Gasteiger partial charge is 0.308 e. The fraction of sp³-hybridized carbons (Fsp3) is 0.545. The van der Waals surface area contributed by atoms with Crippen LogP contribution in [-0.2, 0) is 26.4 Å². The van der Waals surface area contributed by atoms with E-state index in [1.807, 2.05) is 19.4 Å². The van der Waals surface area contributed by atoms with Crippen LogP contribution in [0.1, 0.15) is 23.4 Å². The van der Waals surface area contributed by atoms with Crippen LogP contribution < -0.4 is 5.32 Å². The quantitative estimate of drug-likeness (QED) is 0.792. The first kappa shape index (κ1) is 10.5. The van der Waals surface area contributed by atoms with Crippen LogP contribution in [0.2, 0.25) is 0 Å². The van der Waals surface area contributed by atoms with Gasteiger partial charge in [-0.2, -0.15) is 5.10 Å². The first-order valence-electron chi connectivity index (χ1n) is 5.91. The van der Waals surface area contributed by atoms with E-state index < -0.39 is 0 Å². The van der Waals surface area contributed by atoms with E-state index in [9.17, 15) is 0 Å². The zero-order valence-electron chi connectivity index (χ0n) is 9.85. The number of aromatic amines is 1. The molecule has 1 unspecified atom stereocenters. The smallest absolute Gasteiger partial charge is 0.0964 e. The lowest BCUT2D eigenvalue weighted by Gasteiger charge is -2.22. The van der Waals surface area contributed by atoms with Crippen LogP contribution in [0.5, 0.6) is 0 Å². The lowest BCUT2D eigenvalue weighted by Crippen LogP contribution is -2.34. The van der Waals surface area contributed by atoms with Crippen molar-refractivity contribution in [3.05, 3.63) is 29.3 Å². The van der Waals surface area contributed by atoms with Crippen molar-refractivity contribution in [2.45, 2.75) is 31.8 Å². The van der Waals surface area contributed by atoms with Crippen molar-refractivity contribution in [1.82, 2.24) is 30.5 Å². The highest BCUT2D eigenvalue weighted by Gasteiger charge is 2.19. The van der Waals surface area contributed by atoms with Gasteiger partial charge in [0.25, 0.3) is 0 Å². The summed E-state index contributed by atoms with van der Waals surface area (Å²) >= 11 is 0. The highest BCUT2D eigenvalue weighted by molar-refractivity contribution is 5.20. The molecule has 2 N–H and O–H groups in total. The summed E-state index contributed by atoms with van der Waals surface area (Å²) in [5.41, 5.74) is 3.62. The van der Waals surface area contributed by atoms with E-state index in [1.165, 1.54) is 11.3 Å². The maximum atomic E-state index is 4.08. The van der Waals surface area contributed by atoms with Gasteiger partial charge in [-0.25, -0.2) is 0 Å². The van der Waals surface area contributed by atoms with Crippen LogP contribution >= 0.6 is 0 Å². The molecule has 2 heterocycles. The molecule has 90 valence electrons. The minimum absolute atomic E-state index is 0.505. The first-order valence-corrected chi connectivity index (χ1v) is 5.91. The van der Waals surface area contributed by atoms with E-state index in [0.717, 1.165) is 31.5 Å². The Morgan fingerprint density at radius 3 is 3.35 bits per heavy atom. The average molecular weight is 232 g/mol. The van der Waals surface area contributed by atoms with E-state index in [2.05, 4.69) is 25.8 Å². The lowest BCUT2D eigenvalue weighted by molar-refractivity contribution is 0.451. The zero-order valence-corrected chi connectivity index (χ0v) is 9.85. The van der Waals surface area contributed by atoms with E-state index in [1.54, 1.807) is 4.68 Å². The number of nitrogens with zero attached hydrogens (tertiary/aromatic N) is 4. The van der Waals surface area contributed by atoms with Gasteiger partial charge in [-0.15, -0.1) is 5.10 Å². The van der Waals surface area contributed by atoms with Gasteiger partial charge in [-0.1, -0.05) is 5.21 Å². The van der Waals surface area contributed by atoms with Crippen molar-refractivity contribution in [2.75, 3.05) is 0 Å². The summed E-state index contributed by atoms with van der Waals surface area (Å²) in [5, 5.41) is 18.7. The summed E-state index contributed by atoms with van der Waals surface area (Å²) in [6, 6.07) is 0.505. The molecule has 6 heteroatoms. The van der Waals surface area contributed by atoms with E-state index in [0.29, 0.717) is 6.04 Å². The molecule has 17 heavy (non-hydrogen) atoms. The molecule has 0 bridgehead atoms. The monoisotopic (exact) mass is 232 g/mol. The van der Waals surface area contributed by atoms with Crippen LogP contribution in [-0.4, -0.2) is 31.2 Å². The third-order valence-corrected chi connectivity index (χ3v) is 3.24. The topological polar surface area (TPSA) is 71.4 Å². The van der Waals surface area contributed by atoms with E-state index in [4.69, 9.17) is 0 Å². The Morgan fingerprint density at radius 1 is 1.59 bits per heavy atom. The van der Waals surface area contributed by atoms with Gasteiger partial charge in [0.15, 0.2) is 0 Å². The Hall–Kier alpha value is -1.69. The minimum Gasteiger partial charge on any atom is -0.308 e. The average Bonchev–Trinajstić information content (AvgIpc) is 2.94. The zero-order chi connectivity index (χ0) is 11.7. The fourth-order valence-corrected chi connectivity index (χ4v) is 2.31. The molecule has 1 atom stereocenters. The normalized spacial score (nSPS) is 19.2. The number of aryl methyl sites for hydroxylation is 2. The molecule has 0 saturated carbocycles. The van der Waals surface area contributed by atoms with Crippen molar-refractivity contribution in [1.29, 1.82) is 0 Å². The number of H-pyrrole nitrogens is 1. The highest BCUT2D eigenvalue weighted by atomic mass is 15.4. The highest BCUT2D eigenvalue weighted by Crippen LogP contribution is 2.18. The van der Waals surface area contributed by atoms with Crippen molar-refractivity contribution < 1.29 is 0 Å². The Kier molecular flexibility index (Phi) is 2.64. The van der Waals surface area contributed by atoms with Crippen molar-refractivity contribution >= 4 is 0 Å². The van der Waals surface area contributed by atoms with Gasteiger partial charge < -0.3 is 5.32 Å². The summed E-state index contributed by atoms with van der Waals surface area (Å²) in [7, 11) is 1.88. The molecule has 0 aromatic carbocycles. The van der Waals surface area contributed by atoms with Gasteiger partial charge in [0, 0.05) is 37.9 Å². The molecule has 0 aliphatic heterocycles. The van der Waals surface area contributed by atoms with Gasteiger partial charge in [0.2, 0.25) is 0 Å². The molecule has 0 fully saturated rings. The molecule has 0 amide bonds. The van der Waals surface area contributed by atoms with Crippen LogP contribution in [0.15, 0.2) is 12.4 Å². The number of nitrogens with one attached hydrogen (secondary N) is 2. The van der Waals surface area contributed by atoms with E-state index >= 15 is 0 Å². The van der Waals surface area contributed by atoms with Crippen LogP contribution in [0, 0.1) is 0 Å². The van der Waals surface area contributed by atoms with Gasteiger partial charge in [0.05, 0.1) is 11.9 Å². The molecule has 3 rings (SSSR count). The SMILES string of the molecule is Cn1cc(CNC2CCc3cn[nH]c3C2)nn1. The Morgan fingerprint density at radius 2 is 2.53 bits per heavy atom. The molecule has 0 spiro atoms. The summed E-state index contributed by atoms with van der Waals surface area (Å²) < 4.78 is 1.73. The predicted octanol–water partition coefficient (Wildman–Crippen LogP) is 0.185. The molecular weight excluding hydrogens is 216 g/mol. The summed E-state index contributed by atoms with van der Waals surface area (Å²) in [5.74, 6) is 0. The summed E-state index contributed by atoms with van der Waals surface area (Å²) in [6.07, 6.45) is 7.16. The lowest BCUT2D eigenvalue weighted by atomic mass is 9.94. The molecule has 0 radical (unpaired) electrons. The van der Waals surface area contributed by atoms with Crippen molar-refractivity contribution in [2.24, 2.45) is 7.05 Å². The minimum atomic E-state index is 0.505. The standard InChI is InChI=1S/C11H16N6/c1-17-7-10(14-16-17)6-12-9-3-2-8-5-13-15-11(8)4-9/h5,7,9,12H,2-4,6H2,1H3,(H,13,15). The Balaban J connectivity index is 1.57. The second-order valence-corrected chi connectivity index (χ2v) is 4.58. The number of fused-ring (bicyclic) bond motifs is 1. The van der Waals surface area contributed by atoms with Gasteiger partial charge in [-0.05, 0) is 18.4 Å². The Labute approximate surface area is 99.4 Å². The van der Waals surface area contributed by atoms with Crippen molar-refractivity contribution in [3.8, 4) is 0 Å². The van der Waals surface area contributed by atoms with Gasteiger partial charge in [0.1, 0.15) is 0 Å². The first-order chi connectivity index (χ1) is 8.31. The van der Waals surface area contributed by atoms with Crippen LogP contribution in [0.3, 0.4) is 0 Å². The second kappa shape index (κ2) is 4.29. The molecule has 1 aliphatic carbocycles. The van der Waals surface area contributed by atoms with Crippen LogP contribution in [0.4, 0.5) is 0 Å². The molecule has 2 aromatic rings.